The minimum Gasteiger partial charge on any atom is -0.484 e. The van der Waals surface area contributed by atoms with Crippen molar-refractivity contribution in [2.75, 3.05) is 6.61 Å². The quantitative estimate of drug-likeness (QED) is 0.613. The van der Waals surface area contributed by atoms with Gasteiger partial charge in [-0.15, -0.1) is 0 Å². The van der Waals surface area contributed by atoms with Crippen LogP contribution in [0.15, 0.2) is 30.0 Å². The minimum absolute atomic E-state index is 0.0517. The lowest BCUT2D eigenvalue weighted by atomic mass is 10.2. The fourth-order valence-electron chi connectivity index (χ4n) is 1.11. The van der Waals surface area contributed by atoms with Gasteiger partial charge in [0.05, 0.1) is 4.92 Å². The van der Waals surface area contributed by atoms with Crippen LogP contribution in [-0.4, -0.2) is 17.4 Å². The number of allylic oxidation sites excluding steroid dienone is 1. The van der Waals surface area contributed by atoms with Crippen LogP contribution in [-0.2, 0) is 4.79 Å². The number of nitrogens with two attached hydrogens (primary N) is 1. The normalized spacial score (nSPS) is 11.0. The van der Waals surface area contributed by atoms with Crippen LogP contribution in [0, 0.1) is 10.1 Å². The summed E-state index contributed by atoms with van der Waals surface area (Å²) in [6, 6.07) is 6.54. The van der Waals surface area contributed by atoms with E-state index >= 15 is 0 Å². The van der Waals surface area contributed by atoms with Gasteiger partial charge >= 0.3 is 0 Å². The number of rotatable bonds is 5. The second-order valence-corrected chi connectivity index (χ2v) is 3.37. The first-order valence-electron chi connectivity index (χ1n) is 4.83. The van der Waals surface area contributed by atoms with E-state index in [1.165, 1.54) is 13.0 Å². The summed E-state index contributed by atoms with van der Waals surface area (Å²) in [5.41, 5.74) is 5.66. The van der Waals surface area contributed by atoms with E-state index in [4.69, 9.17) is 10.5 Å². The molecule has 1 aromatic rings. The van der Waals surface area contributed by atoms with Gasteiger partial charge in [0.15, 0.2) is 6.61 Å². The van der Waals surface area contributed by atoms with Crippen LogP contribution >= 0.6 is 0 Å². The van der Waals surface area contributed by atoms with E-state index in [1.807, 2.05) is 0 Å². The van der Waals surface area contributed by atoms with Crippen LogP contribution in [0.4, 0.5) is 0 Å². The largest absolute Gasteiger partial charge is 0.484 e. The fourth-order valence-corrected chi connectivity index (χ4v) is 1.11. The van der Waals surface area contributed by atoms with E-state index < -0.39 is 10.8 Å². The van der Waals surface area contributed by atoms with Gasteiger partial charge in [-0.25, -0.2) is 0 Å². The molecule has 0 aliphatic rings. The minimum atomic E-state index is -0.557. The molecular formula is C11H12N2O4. The van der Waals surface area contributed by atoms with Crippen molar-refractivity contribution in [3.8, 4) is 5.75 Å². The molecule has 0 aliphatic carbocycles. The molecule has 90 valence electrons. The predicted molar refractivity (Wildman–Crippen MR) is 61.8 cm³/mol. The lowest BCUT2D eigenvalue weighted by Crippen LogP contribution is -2.19. The average molecular weight is 236 g/mol. The number of nitrogens with zero attached hydrogens (tertiary/aromatic N) is 1. The molecule has 1 aromatic carbocycles. The third-order valence-corrected chi connectivity index (χ3v) is 1.92. The van der Waals surface area contributed by atoms with Crippen molar-refractivity contribution in [1.82, 2.24) is 0 Å². The molecule has 0 saturated carbocycles. The molecule has 6 heteroatoms. The highest BCUT2D eigenvalue weighted by atomic mass is 16.6. The molecule has 0 spiro atoms. The Bertz CT molecular complexity index is 451. The zero-order valence-electron chi connectivity index (χ0n) is 9.25. The predicted octanol–water partition coefficient (Wildman–Crippen LogP) is 1.19. The third-order valence-electron chi connectivity index (χ3n) is 1.92. The first kappa shape index (κ1) is 12.7. The van der Waals surface area contributed by atoms with Crippen molar-refractivity contribution < 1.29 is 14.5 Å². The third kappa shape index (κ3) is 4.33. The molecule has 0 aromatic heterocycles. The molecule has 0 unspecified atom stereocenters. The lowest BCUT2D eigenvalue weighted by molar-refractivity contribution is -0.422. The Labute approximate surface area is 97.8 Å². The monoisotopic (exact) mass is 236 g/mol. The molecule has 0 fully saturated rings. The number of carbonyl (C=O) groups is 1. The van der Waals surface area contributed by atoms with Crippen LogP contribution < -0.4 is 10.5 Å². The summed E-state index contributed by atoms with van der Waals surface area (Å²) in [6.45, 7) is 1.22. The lowest BCUT2D eigenvalue weighted by Gasteiger charge is -2.03. The maximum absolute atomic E-state index is 10.5. The number of benzene rings is 1. The molecule has 0 bridgehead atoms. The van der Waals surface area contributed by atoms with Gasteiger partial charge in [0.25, 0.3) is 5.91 Å². The number of hydrogen-bond acceptors (Lipinski definition) is 4. The van der Waals surface area contributed by atoms with Crippen LogP contribution in [0.5, 0.6) is 5.75 Å². The molecule has 1 amide bonds. The summed E-state index contributed by atoms with van der Waals surface area (Å²) < 4.78 is 5.05. The number of hydrogen-bond donors (Lipinski definition) is 1. The Balaban J connectivity index is 2.71. The van der Waals surface area contributed by atoms with Crippen molar-refractivity contribution in [3.05, 3.63) is 45.6 Å². The van der Waals surface area contributed by atoms with Crippen LogP contribution in [0.1, 0.15) is 12.5 Å². The van der Waals surface area contributed by atoms with Crippen LogP contribution in [0.2, 0.25) is 0 Å². The van der Waals surface area contributed by atoms with Gasteiger partial charge in [-0.2, -0.15) is 0 Å². The van der Waals surface area contributed by atoms with Gasteiger partial charge in [0.2, 0.25) is 5.70 Å². The summed E-state index contributed by atoms with van der Waals surface area (Å²) in [6.07, 6.45) is 1.44. The Hall–Kier alpha value is -2.37. The second-order valence-electron chi connectivity index (χ2n) is 3.37. The van der Waals surface area contributed by atoms with Crippen LogP contribution in [0.3, 0.4) is 0 Å². The summed E-state index contributed by atoms with van der Waals surface area (Å²) in [5, 5.41) is 10.4. The number of primary amides is 1. The van der Waals surface area contributed by atoms with Crippen molar-refractivity contribution in [1.29, 1.82) is 0 Å². The standard InChI is InChI=1S/C11H12N2O4/c1-8(13(15)16)6-9-2-4-10(5-3-9)17-7-11(12)14/h2-6H,7H2,1H3,(H2,12,14). The van der Waals surface area contributed by atoms with Gasteiger partial charge in [0.1, 0.15) is 5.75 Å². The Morgan fingerprint density at radius 2 is 2.06 bits per heavy atom. The zero-order chi connectivity index (χ0) is 12.8. The van der Waals surface area contributed by atoms with Crippen LogP contribution in [0.25, 0.3) is 6.08 Å². The van der Waals surface area contributed by atoms with E-state index in [2.05, 4.69) is 0 Å². The van der Waals surface area contributed by atoms with Crippen molar-refractivity contribution in [3.63, 3.8) is 0 Å². The number of carbonyl (C=O) groups excluding carboxylic acids is 1. The van der Waals surface area contributed by atoms with Gasteiger partial charge in [-0.3, -0.25) is 14.9 Å². The van der Waals surface area contributed by atoms with E-state index in [0.717, 1.165) is 0 Å². The van der Waals surface area contributed by atoms with Gasteiger partial charge in [0, 0.05) is 13.0 Å². The maximum Gasteiger partial charge on any atom is 0.255 e. The number of amides is 1. The van der Waals surface area contributed by atoms with Gasteiger partial charge in [-0.1, -0.05) is 12.1 Å². The summed E-state index contributed by atoms with van der Waals surface area (Å²) in [5.74, 6) is -0.0714. The SMILES string of the molecule is CC(=Cc1ccc(OCC(N)=O)cc1)[N+](=O)[O-]. The van der Waals surface area contributed by atoms with E-state index in [0.29, 0.717) is 11.3 Å². The average Bonchev–Trinajstić information content (AvgIpc) is 2.28. The molecule has 0 radical (unpaired) electrons. The van der Waals surface area contributed by atoms with E-state index in [1.54, 1.807) is 24.3 Å². The molecular weight excluding hydrogens is 224 g/mol. The molecule has 0 heterocycles. The molecule has 6 nitrogen and oxygen atoms in total. The van der Waals surface area contributed by atoms with Crippen molar-refractivity contribution >= 4 is 12.0 Å². The highest BCUT2D eigenvalue weighted by Crippen LogP contribution is 2.14. The first-order chi connectivity index (χ1) is 7.99. The fraction of sp³-hybridized carbons (Fsp3) is 0.182. The summed E-state index contributed by atoms with van der Waals surface area (Å²) in [4.78, 5) is 20.4. The Morgan fingerprint density at radius 3 is 2.53 bits per heavy atom. The van der Waals surface area contributed by atoms with E-state index in [-0.39, 0.29) is 12.3 Å². The highest BCUT2D eigenvalue weighted by molar-refractivity contribution is 5.75. The molecule has 0 atom stereocenters. The Kier molecular flexibility index (Phi) is 4.21. The topological polar surface area (TPSA) is 95.5 Å². The van der Waals surface area contributed by atoms with Gasteiger partial charge in [-0.05, 0) is 17.7 Å². The smallest absolute Gasteiger partial charge is 0.255 e. The summed E-state index contributed by atoms with van der Waals surface area (Å²) in [7, 11) is 0. The summed E-state index contributed by atoms with van der Waals surface area (Å²) >= 11 is 0. The molecule has 17 heavy (non-hydrogen) atoms. The van der Waals surface area contributed by atoms with E-state index in [9.17, 15) is 14.9 Å². The molecule has 1 rings (SSSR count). The molecule has 2 N–H and O–H groups in total. The second kappa shape index (κ2) is 5.64. The maximum atomic E-state index is 10.5. The number of ether oxygens (including phenoxy) is 1. The van der Waals surface area contributed by atoms with Crippen molar-refractivity contribution in [2.24, 2.45) is 5.73 Å². The van der Waals surface area contributed by atoms with Crippen molar-refractivity contribution in [2.45, 2.75) is 6.92 Å². The zero-order valence-corrected chi connectivity index (χ0v) is 9.25. The highest BCUT2D eigenvalue weighted by Gasteiger charge is 2.02. The first-order valence-corrected chi connectivity index (χ1v) is 4.83. The van der Waals surface area contributed by atoms with Gasteiger partial charge < -0.3 is 10.5 Å². The number of nitro groups is 1. The Morgan fingerprint density at radius 1 is 1.47 bits per heavy atom. The molecule has 0 saturated heterocycles. The molecule has 0 aliphatic heterocycles.